The number of hydrazine groups is 1. The molecule has 0 saturated heterocycles. The zero-order chi connectivity index (χ0) is 22.0. The molecule has 0 bridgehead atoms. The number of anilines is 1. The summed E-state index contributed by atoms with van der Waals surface area (Å²) in [5, 5.41) is 4.30. The second-order valence-electron chi connectivity index (χ2n) is 6.78. The number of ether oxygens (including phenoxy) is 2. The van der Waals surface area contributed by atoms with Crippen LogP contribution in [0.4, 0.5) is 5.69 Å². The number of carbonyl (C=O) groups excluding carboxylic acids is 1. The number of hydrogen-bond acceptors (Lipinski definition) is 6. The van der Waals surface area contributed by atoms with Crippen LogP contribution in [0.3, 0.4) is 0 Å². The van der Waals surface area contributed by atoms with Gasteiger partial charge >= 0.3 is 0 Å². The van der Waals surface area contributed by atoms with Crippen molar-refractivity contribution >= 4 is 21.6 Å². The van der Waals surface area contributed by atoms with E-state index in [2.05, 4.69) is 10.1 Å². The standard InChI is InChI=1S/C22H21N3O5S/c1-29-15-12-13-18(20(14-15)30-2)21-23-19-11-7-6-10-17(19)22(26)25(21)24-31(27,28)16-8-4-3-5-9-16/h3-14,21,23-24H,1-2H3/t21-/m1/s1. The second kappa shape index (κ2) is 8.29. The van der Waals surface area contributed by atoms with Gasteiger partial charge in [0.1, 0.15) is 17.7 Å². The van der Waals surface area contributed by atoms with Gasteiger partial charge in [-0.15, -0.1) is 4.83 Å². The summed E-state index contributed by atoms with van der Waals surface area (Å²) in [5.41, 5.74) is 1.49. The summed E-state index contributed by atoms with van der Waals surface area (Å²) in [6, 6.07) is 19.9. The second-order valence-corrected chi connectivity index (χ2v) is 8.44. The first kappa shape index (κ1) is 20.7. The van der Waals surface area contributed by atoms with Gasteiger partial charge in [0.15, 0.2) is 0 Å². The van der Waals surface area contributed by atoms with E-state index in [0.717, 1.165) is 5.01 Å². The van der Waals surface area contributed by atoms with Crippen molar-refractivity contribution in [2.75, 3.05) is 19.5 Å². The normalized spacial score (nSPS) is 15.7. The van der Waals surface area contributed by atoms with Crippen LogP contribution in [-0.2, 0) is 10.0 Å². The summed E-state index contributed by atoms with van der Waals surface area (Å²) in [6.07, 6.45) is -0.859. The number of hydrogen-bond donors (Lipinski definition) is 2. The van der Waals surface area contributed by atoms with Crippen molar-refractivity contribution < 1.29 is 22.7 Å². The van der Waals surface area contributed by atoms with Gasteiger partial charge in [0.25, 0.3) is 15.9 Å². The van der Waals surface area contributed by atoms with E-state index in [0.29, 0.717) is 28.3 Å². The Morgan fingerprint density at radius 2 is 1.65 bits per heavy atom. The average molecular weight is 439 g/mol. The molecule has 0 fully saturated rings. The van der Waals surface area contributed by atoms with Crippen LogP contribution in [-0.4, -0.2) is 33.6 Å². The first-order chi connectivity index (χ1) is 14.9. The zero-order valence-corrected chi connectivity index (χ0v) is 17.7. The van der Waals surface area contributed by atoms with Crippen molar-refractivity contribution in [3.8, 4) is 11.5 Å². The summed E-state index contributed by atoms with van der Waals surface area (Å²) in [6.45, 7) is 0. The van der Waals surface area contributed by atoms with E-state index in [1.165, 1.54) is 26.4 Å². The zero-order valence-electron chi connectivity index (χ0n) is 16.9. The lowest BCUT2D eigenvalue weighted by Crippen LogP contribution is -2.52. The lowest BCUT2D eigenvalue weighted by molar-refractivity contribution is 0.0630. The first-order valence-electron chi connectivity index (χ1n) is 9.43. The third-order valence-corrected chi connectivity index (χ3v) is 6.26. The molecule has 1 aliphatic heterocycles. The van der Waals surface area contributed by atoms with E-state index in [1.54, 1.807) is 60.7 Å². The lowest BCUT2D eigenvalue weighted by Gasteiger charge is -2.38. The maximum Gasteiger partial charge on any atom is 0.273 e. The molecule has 1 atom stereocenters. The van der Waals surface area contributed by atoms with E-state index in [1.807, 2.05) is 0 Å². The number of carbonyl (C=O) groups is 1. The Bertz CT molecular complexity index is 1210. The van der Waals surface area contributed by atoms with Crippen molar-refractivity contribution in [2.24, 2.45) is 0 Å². The first-order valence-corrected chi connectivity index (χ1v) is 10.9. The number of fused-ring (bicyclic) bond motifs is 1. The van der Waals surface area contributed by atoms with Crippen LogP contribution >= 0.6 is 0 Å². The van der Waals surface area contributed by atoms with Gasteiger partial charge < -0.3 is 14.8 Å². The van der Waals surface area contributed by atoms with Gasteiger partial charge in [-0.3, -0.25) is 4.79 Å². The van der Waals surface area contributed by atoms with Crippen molar-refractivity contribution in [2.45, 2.75) is 11.1 Å². The Balaban J connectivity index is 1.81. The van der Waals surface area contributed by atoms with Gasteiger partial charge in [0, 0.05) is 17.3 Å². The van der Waals surface area contributed by atoms with E-state index < -0.39 is 22.1 Å². The minimum Gasteiger partial charge on any atom is -0.497 e. The van der Waals surface area contributed by atoms with E-state index >= 15 is 0 Å². The minimum absolute atomic E-state index is 0.0436. The maximum absolute atomic E-state index is 13.3. The third-order valence-electron chi connectivity index (χ3n) is 4.93. The Morgan fingerprint density at radius 3 is 2.35 bits per heavy atom. The number of methoxy groups -OCH3 is 2. The molecule has 1 aliphatic rings. The fourth-order valence-electron chi connectivity index (χ4n) is 3.39. The highest BCUT2D eigenvalue weighted by atomic mass is 32.2. The highest BCUT2D eigenvalue weighted by molar-refractivity contribution is 7.89. The molecule has 1 heterocycles. The molecular formula is C22H21N3O5S. The summed E-state index contributed by atoms with van der Waals surface area (Å²) in [4.78, 5) is 15.8. The van der Waals surface area contributed by atoms with E-state index in [-0.39, 0.29) is 4.90 Å². The van der Waals surface area contributed by atoms with Crippen LogP contribution in [0.15, 0.2) is 77.7 Å². The van der Waals surface area contributed by atoms with Gasteiger partial charge in [-0.25, -0.2) is 13.4 Å². The molecule has 3 aromatic rings. The molecule has 0 saturated carbocycles. The highest BCUT2D eigenvalue weighted by Gasteiger charge is 2.37. The van der Waals surface area contributed by atoms with Gasteiger partial charge in [-0.1, -0.05) is 30.3 Å². The summed E-state index contributed by atoms with van der Waals surface area (Å²) >= 11 is 0. The van der Waals surface area contributed by atoms with Crippen LogP contribution in [0.5, 0.6) is 11.5 Å². The molecule has 8 nitrogen and oxygen atoms in total. The third kappa shape index (κ3) is 3.92. The fraction of sp³-hybridized carbons (Fsp3) is 0.136. The predicted molar refractivity (Wildman–Crippen MR) is 115 cm³/mol. The Kier molecular flexibility index (Phi) is 5.53. The largest absolute Gasteiger partial charge is 0.497 e. The molecule has 0 radical (unpaired) electrons. The molecule has 160 valence electrons. The molecule has 31 heavy (non-hydrogen) atoms. The van der Waals surface area contributed by atoms with Gasteiger partial charge in [0.2, 0.25) is 0 Å². The van der Waals surface area contributed by atoms with E-state index in [9.17, 15) is 13.2 Å². The van der Waals surface area contributed by atoms with Crippen molar-refractivity contribution in [1.82, 2.24) is 9.84 Å². The summed E-state index contributed by atoms with van der Waals surface area (Å²) < 4.78 is 36.8. The minimum atomic E-state index is -4.02. The van der Waals surface area contributed by atoms with Crippen LogP contribution in [0.25, 0.3) is 0 Å². The maximum atomic E-state index is 13.3. The Hall–Kier alpha value is -3.56. The fourth-order valence-corrected chi connectivity index (χ4v) is 4.46. The smallest absolute Gasteiger partial charge is 0.273 e. The Labute approximate surface area is 180 Å². The number of para-hydroxylation sites is 1. The van der Waals surface area contributed by atoms with Gasteiger partial charge in [0.05, 0.1) is 24.7 Å². The number of sulfonamides is 1. The SMILES string of the molecule is COc1ccc([C@@H]2Nc3ccccc3C(=O)N2NS(=O)(=O)c2ccccc2)c(OC)c1. The number of nitrogens with one attached hydrogen (secondary N) is 2. The Morgan fingerprint density at radius 1 is 0.935 bits per heavy atom. The monoisotopic (exact) mass is 439 g/mol. The molecule has 9 heteroatoms. The predicted octanol–water partition coefficient (Wildman–Crippen LogP) is 3.16. The summed E-state index contributed by atoms with van der Waals surface area (Å²) in [5.74, 6) is 0.518. The molecule has 4 rings (SSSR count). The number of nitrogens with zero attached hydrogens (tertiary/aromatic N) is 1. The average Bonchev–Trinajstić information content (AvgIpc) is 2.81. The summed E-state index contributed by atoms with van der Waals surface area (Å²) in [7, 11) is -0.989. The highest BCUT2D eigenvalue weighted by Crippen LogP contribution is 2.37. The molecule has 1 amide bonds. The molecule has 0 aliphatic carbocycles. The van der Waals surface area contributed by atoms with Gasteiger partial charge in [-0.2, -0.15) is 0 Å². The van der Waals surface area contributed by atoms with Crippen LogP contribution in [0.2, 0.25) is 0 Å². The number of rotatable bonds is 6. The number of benzene rings is 3. The topological polar surface area (TPSA) is 97.0 Å². The van der Waals surface area contributed by atoms with Crippen molar-refractivity contribution in [3.05, 3.63) is 83.9 Å². The van der Waals surface area contributed by atoms with E-state index in [4.69, 9.17) is 9.47 Å². The molecule has 0 spiro atoms. The molecule has 0 unspecified atom stereocenters. The molecule has 3 aromatic carbocycles. The molecule has 0 aromatic heterocycles. The number of amides is 1. The van der Waals surface area contributed by atoms with Crippen LogP contribution in [0.1, 0.15) is 22.1 Å². The van der Waals surface area contributed by atoms with Crippen LogP contribution < -0.4 is 19.6 Å². The lowest BCUT2D eigenvalue weighted by atomic mass is 10.0. The molecule has 2 N–H and O–H groups in total. The quantitative estimate of drug-likeness (QED) is 0.612. The molecular weight excluding hydrogens is 418 g/mol. The van der Waals surface area contributed by atoms with Crippen molar-refractivity contribution in [3.63, 3.8) is 0 Å². The van der Waals surface area contributed by atoms with Gasteiger partial charge in [-0.05, 0) is 36.4 Å². The van der Waals surface area contributed by atoms with Crippen molar-refractivity contribution in [1.29, 1.82) is 0 Å². The van der Waals surface area contributed by atoms with Crippen LogP contribution in [0, 0.1) is 0 Å².